The maximum absolute atomic E-state index is 5.83. The minimum Gasteiger partial charge on any atom is -0.487 e. The lowest BCUT2D eigenvalue weighted by Gasteiger charge is -2.12. The molecule has 5 heteroatoms. The molecule has 0 atom stereocenters. The Balaban J connectivity index is 2.13. The third-order valence-electron chi connectivity index (χ3n) is 2.30. The van der Waals surface area contributed by atoms with Crippen LogP contribution in [0.5, 0.6) is 5.75 Å². The van der Waals surface area contributed by atoms with E-state index < -0.39 is 0 Å². The number of aromatic nitrogens is 1. The van der Waals surface area contributed by atoms with Crippen LogP contribution in [0.15, 0.2) is 34.4 Å². The minimum absolute atomic E-state index is 0.546. The van der Waals surface area contributed by atoms with Gasteiger partial charge < -0.3 is 10.5 Å². The lowest BCUT2D eigenvalue weighted by atomic mass is 10.1. The minimum atomic E-state index is 0.546. The van der Waals surface area contributed by atoms with E-state index in [9.17, 15) is 0 Å². The molecular formula is C12H13BrN2OS. The Morgan fingerprint density at radius 1 is 1.41 bits per heavy atom. The molecule has 0 unspecified atom stereocenters. The molecule has 1 heterocycles. The summed E-state index contributed by atoms with van der Waals surface area (Å²) in [5, 5.41) is 0. The molecule has 0 radical (unpaired) electrons. The van der Waals surface area contributed by atoms with E-state index >= 15 is 0 Å². The highest BCUT2D eigenvalue weighted by Crippen LogP contribution is 2.30. The molecule has 1 aromatic carbocycles. The summed E-state index contributed by atoms with van der Waals surface area (Å²) < 4.78 is 6.80. The fourth-order valence-electron chi connectivity index (χ4n) is 1.52. The summed E-state index contributed by atoms with van der Waals surface area (Å²) in [6, 6.07) is 6.01. The van der Waals surface area contributed by atoms with Crippen molar-refractivity contribution in [3.8, 4) is 5.75 Å². The molecule has 0 saturated carbocycles. The van der Waals surface area contributed by atoms with Crippen molar-refractivity contribution >= 4 is 27.3 Å². The normalized spacial score (nSPS) is 10.5. The molecule has 0 amide bonds. The Bertz CT molecular complexity index is 473. The van der Waals surface area contributed by atoms with Crippen molar-refractivity contribution < 1.29 is 4.74 Å². The lowest BCUT2D eigenvalue weighted by molar-refractivity contribution is 0.304. The first-order valence-electron chi connectivity index (χ1n) is 5.29. The van der Waals surface area contributed by atoms with Crippen LogP contribution in [0.25, 0.3) is 0 Å². The Kier molecular flexibility index (Phi) is 4.53. The van der Waals surface area contributed by atoms with Crippen molar-refractivity contribution in [1.29, 1.82) is 0 Å². The van der Waals surface area contributed by atoms with Gasteiger partial charge in [0, 0.05) is 6.20 Å². The number of hydrogen-bond acceptors (Lipinski definition) is 4. The summed E-state index contributed by atoms with van der Waals surface area (Å²) in [6.45, 7) is 1.16. The second-order valence-corrected chi connectivity index (χ2v) is 5.35. The first-order chi connectivity index (χ1) is 8.31. The Labute approximate surface area is 113 Å². The molecule has 2 rings (SSSR count). The van der Waals surface area contributed by atoms with Gasteiger partial charge in [-0.2, -0.15) is 0 Å². The van der Waals surface area contributed by atoms with Gasteiger partial charge in [-0.3, -0.25) is 4.98 Å². The number of ether oxygens (including phenoxy) is 1. The van der Waals surface area contributed by atoms with E-state index in [1.54, 1.807) is 16.8 Å². The van der Waals surface area contributed by atoms with Crippen LogP contribution >= 0.6 is 27.3 Å². The highest BCUT2D eigenvalue weighted by Gasteiger charge is 2.08. The maximum atomic E-state index is 5.83. The van der Waals surface area contributed by atoms with E-state index in [1.165, 1.54) is 0 Å². The van der Waals surface area contributed by atoms with Crippen molar-refractivity contribution in [1.82, 2.24) is 4.98 Å². The fourth-order valence-corrected chi connectivity index (χ4v) is 2.55. The number of nitrogens with two attached hydrogens (primary N) is 1. The van der Waals surface area contributed by atoms with Gasteiger partial charge in [0.15, 0.2) is 0 Å². The molecule has 0 aliphatic heterocycles. The number of nitrogens with zero attached hydrogens (tertiary/aromatic N) is 1. The zero-order valence-corrected chi connectivity index (χ0v) is 11.6. The predicted octanol–water partition coefficient (Wildman–Crippen LogP) is 2.99. The first kappa shape index (κ1) is 12.5. The summed E-state index contributed by atoms with van der Waals surface area (Å²) in [6.07, 6.45) is 2.64. The number of thiazole rings is 1. The summed E-state index contributed by atoms with van der Waals surface area (Å²) in [5.74, 6) is 0.881. The third kappa shape index (κ3) is 3.28. The maximum Gasteiger partial charge on any atom is 0.137 e. The number of rotatable bonds is 5. The SMILES string of the molecule is NCCc1cccc(Br)c1OCc1cncs1. The second kappa shape index (κ2) is 6.14. The van der Waals surface area contributed by atoms with E-state index in [4.69, 9.17) is 10.5 Å². The van der Waals surface area contributed by atoms with Crippen LogP contribution in [-0.2, 0) is 13.0 Å². The Morgan fingerprint density at radius 3 is 3.00 bits per heavy atom. The zero-order chi connectivity index (χ0) is 12.1. The van der Waals surface area contributed by atoms with E-state index in [1.807, 2.05) is 24.4 Å². The van der Waals surface area contributed by atoms with Crippen molar-refractivity contribution in [3.63, 3.8) is 0 Å². The van der Waals surface area contributed by atoms with Crippen LogP contribution in [0.1, 0.15) is 10.4 Å². The van der Waals surface area contributed by atoms with E-state index in [0.717, 1.165) is 27.1 Å². The van der Waals surface area contributed by atoms with E-state index in [2.05, 4.69) is 20.9 Å². The summed E-state index contributed by atoms with van der Waals surface area (Å²) in [7, 11) is 0. The lowest BCUT2D eigenvalue weighted by Crippen LogP contribution is -2.05. The van der Waals surface area contributed by atoms with Crippen LogP contribution < -0.4 is 10.5 Å². The average Bonchev–Trinajstić information content (AvgIpc) is 2.82. The third-order valence-corrected chi connectivity index (χ3v) is 3.68. The van der Waals surface area contributed by atoms with Crippen LogP contribution in [0, 0.1) is 0 Å². The molecule has 90 valence electrons. The standard InChI is InChI=1S/C12H13BrN2OS/c13-11-3-1-2-9(4-5-14)12(11)16-7-10-6-15-8-17-10/h1-3,6,8H,4-5,7,14H2. The summed E-state index contributed by atoms with van der Waals surface area (Å²) >= 11 is 5.09. The molecular weight excluding hydrogens is 300 g/mol. The summed E-state index contributed by atoms with van der Waals surface area (Å²) in [5.41, 5.74) is 8.53. The number of halogens is 1. The van der Waals surface area contributed by atoms with Gasteiger partial charge in [-0.1, -0.05) is 12.1 Å². The molecule has 2 aromatic rings. The monoisotopic (exact) mass is 312 g/mol. The van der Waals surface area contributed by atoms with Gasteiger partial charge in [0.25, 0.3) is 0 Å². The number of para-hydroxylation sites is 1. The van der Waals surface area contributed by atoms with Gasteiger partial charge in [0.05, 0.1) is 14.9 Å². The molecule has 0 aliphatic carbocycles. The largest absolute Gasteiger partial charge is 0.487 e. The second-order valence-electron chi connectivity index (χ2n) is 3.52. The molecule has 2 N–H and O–H groups in total. The van der Waals surface area contributed by atoms with Crippen molar-refractivity contribution in [2.45, 2.75) is 13.0 Å². The zero-order valence-electron chi connectivity index (χ0n) is 9.23. The Morgan fingerprint density at radius 2 is 2.29 bits per heavy atom. The number of hydrogen-bond donors (Lipinski definition) is 1. The molecule has 0 aliphatic rings. The van der Waals surface area contributed by atoms with Gasteiger partial charge in [0.1, 0.15) is 12.4 Å². The van der Waals surface area contributed by atoms with Crippen molar-refractivity contribution in [3.05, 3.63) is 44.8 Å². The van der Waals surface area contributed by atoms with E-state index in [-0.39, 0.29) is 0 Å². The Hall–Kier alpha value is -0.910. The van der Waals surface area contributed by atoms with Crippen LogP contribution in [-0.4, -0.2) is 11.5 Å². The highest BCUT2D eigenvalue weighted by atomic mass is 79.9. The van der Waals surface area contributed by atoms with Gasteiger partial charge >= 0.3 is 0 Å². The quantitative estimate of drug-likeness (QED) is 0.923. The first-order valence-corrected chi connectivity index (χ1v) is 6.96. The van der Waals surface area contributed by atoms with Crippen LogP contribution in [0.3, 0.4) is 0 Å². The predicted molar refractivity (Wildman–Crippen MR) is 73.3 cm³/mol. The van der Waals surface area contributed by atoms with Crippen LogP contribution in [0.4, 0.5) is 0 Å². The molecule has 0 spiro atoms. The van der Waals surface area contributed by atoms with E-state index in [0.29, 0.717) is 13.2 Å². The van der Waals surface area contributed by atoms with Gasteiger partial charge in [-0.15, -0.1) is 11.3 Å². The molecule has 3 nitrogen and oxygen atoms in total. The summed E-state index contributed by atoms with van der Waals surface area (Å²) in [4.78, 5) is 5.13. The molecule has 0 saturated heterocycles. The molecule has 1 aromatic heterocycles. The molecule has 0 bridgehead atoms. The van der Waals surface area contributed by atoms with Gasteiger partial charge in [-0.25, -0.2) is 0 Å². The molecule has 0 fully saturated rings. The van der Waals surface area contributed by atoms with Crippen molar-refractivity contribution in [2.75, 3.05) is 6.54 Å². The number of benzene rings is 1. The van der Waals surface area contributed by atoms with Crippen molar-refractivity contribution in [2.24, 2.45) is 5.73 Å². The highest BCUT2D eigenvalue weighted by molar-refractivity contribution is 9.10. The van der Waals surface area contributed by atoms with Gasteiger partial charge in [0.2, 0.25) is 0 Å². The average molecular weight is 313 g/mol. The fraction of sp³-hybridized carbons (Fsp3) is 0.250. The van der Waals surface area contributed by atoms with Crippen LogP contribution in [0.2, 0.25) is 0 Å². The van der Waals surface area contributed by atoms with Gasteiger partial charge in [-0.05, 0) is 40.5 Å². The molecule has 17 heavy (non-hydrogen) atoms. The smallest absolute Gasteiger partial charge is 0.137 e. The topological polar surface area (TPSA) is 48.1 Å².